The van der Waals surface area contributed by atoms with Crippen LogP contribution >= 0.6 is 0 Å². The number of hydrogen-bond acceptors (Lipinski definition) is 4. The molecule has 0 spiro atoms. The van der Waals surface area contributed by atoms with Crippen LogP contribution in [0.3, 0.4) is 0 Å². The van der Waals surface area contributed by atoms with Crippen molar-refractivity contribution >= 4 is 16.9 Å². The van der Waals surface area contributed by atoms with Gasteiger partial charge in [-0.3, -0.25) is 14.3 Å². The van der Waals surface area contributed by atoms with E-state index in [1.165, 1.54) is 7.11 Å². The van der Waals surface area contributed by atoms with E-state index >= 15 is 0 Å². The lowest BCUT2D eigenvalue weighted by atomic mass is 9.95. The minimum atomic E-state index is -0.514. The molecule has 0 aliphatic rings. The lowest BCUT2D eigenvalue weighted by molar-refractivity contribution is 0.0600. The van der Waals surface area contributed by atoms with Gasteiger partial charge in [0.2, 0.25) is 0 Å². The van der Waals surface area contributed by atoms with Gasteiger partial charge < -0.3 is 4.74 Å². The first-order chi connectivity index (χ1) is 13.6. The number of fused-ring (bicyclic) bond motifs is 1. The summed E-state index contributed by atoms with van der Waals surface area (Å²) < 4.78 is 6.56. The number of benzene rings is 2. The summed E-state index contributed by atoms with van der Waals surface area (Å²) in [6.45, 7) is 1.75. The fourth-order valence-corrected chi connectivity index (χ4v) is 3.43. The largest absolute Gasteiger partial charge is 0.465 e. The highest BCUT2D eigenvalue weighted by Gasteiger charge is 2.23. The number of aromatic nitrogens is 2. The normalized spacial score (nSPS) is 10.8. The van der Waals surface area contributed by atoms with Crippen molar-refractivity contribution < 1.29 is 9.53 Å². The monoisotopic (exact) mass is 370 g/mol. The van der Waals surface area contributed by atoms with E-state index < -0.39 is 5.97 Å². The van der Waals surface area contributed by atoms with Crippen LogP contribution in [0.2, 0.25) is 0 Å². The zero-order valence-corrected chi connectivity index (χ0v) is 15.5. The third-order valence-corrected chi connectivity index (χ3v) is 4.71. The number of aryl methyl sites for hydroxylation is 1. The Bertz CT molecular complexity index is 1230. The summed E-state index contributed by atoms with van der Waals surface area (Å²) in [5.74, 6) is -0.514. The molecule has 0 radical (unpaired) electrons. The first-order valence-corrected chi connectivity index (χ1v) is 8.87. The number of ether oxygens (including phenoxy) is 1. The summed E-state index contributed by atoms with van der Waals surface area (Å²) in [5.41, 5.74) is 3.20. The number of methoxy groups -OCH3 is 1. The molecule has 0 bridgehead atoms. The summed E-state index contributed by atoms with van der Waals surface area (Å²) in [6, 6.07) is 20.5. The summed E-state index contributed by atoms with van der Waals surface area (Å²) in [5, 5.41) is 0.392. The Kier molecular flexibility index (Phi) is 4.49. The second-order valence-corrected chi connectivity index (χ2v) is 6.39. The van der Waals surface area contributed by atoms with Crippen LogP contribution in [0.25, 0.3) is 27.7 Å². The van der Waals surface area contributed by atoms with Crippen LogP contribution in [0.15, 0.2) is 77.7 Å². The standard InChI is InChI=1S/C23H18N2O3/c1-15-19(23(27)28-2)20(16-9-5-3-6-10-16)21-18(24-15)13-14-25(22(21)26)17-11-7-4-8-12-17/h3-14H,1-2H3. The molecular formula is C23H18N2O3. The molecule has 2 heterocycles. The second kappa shape index (κ2) is 7.12. The van der Waals surface area contributed by atoms with Crippen LogP contribution in [0.5, 0.6) is 0 Å². The van der Waals surface area contributed by atoms with Crippen molar-refractivity contribution in [3.05, 3.63) is 94.5 Å². The molecule has 2 aromatic carbocycles. The van der Waals surface area contributed by atoms with Gasteiger partial charge in [0.05, 0.1) is 29.3 Å². The lowest BCUT2D eigenvalue weighted by Gasteiger charge is -2.15. The molecule has 0 unspecified atom stereocenters. The van der Waals surface area contributed by atoms with Crippen molar-refractivity contribution in [2.24, 2.45) is 0 Å². The Balaban J connectivity index is 2.17. The van der Waals surface area contributed by atoms with Crippen molar-refractivity contribution in [3.63, 3.8) is 0 Å². The van der Waals surface area contributed by atoms with E-state index in [9.17, 15) is 9.59 Å². The van der Waals surface area contributed by atoms with Crippen molar-refractivity contribution in [1.82, 2.24) is 9.55 Å². The maximum absolute atomic E-state index is 13.5. The van der Waals surface area contributed by atoms with Gasteiger partial charge in [-0.15, -0.1) is 0 Å². The van der Waals surface area contributed by atoms with Crippen molar-refractivity contribution in [2.45, 2.75) is 6.92 Å². The van der Waals surface area contributed by atoms with Crippen LogP contribution in [0.1, 0.15) is 16.1 Å². The maximum Gasteiger partial charge on any atom is 0.340 e. The number of hydrogen-bond donors (Lipinski definition) is 0. The molecule has 138 valence electrons. The van der Waals surface area contributed by atoms with Gasteiger partial charge in [-0.25, -0.2) is 4.79 Å². The molecule has 0 atom stereocenters. The SMILES string of the molecule is COC(=O)c1c(C)nc2ccn(-c3ccccc3)c(=O)c2c1-c1ccccc1. The summed E-state index contributed by atoms with van der Waals surface area (Å²) in [6.07, 6.45) is 1.71. The Morgan fingerprint density at radius 1 is 0.964 bits per heavy atom. The zero-order chi connectivity index (χ0) is 19.7. The minimum absolute atomic E-state index is 0.236. The predicted octanol–water partition coefficient (Wildman–Crippen LogP) is 4.15. The van der Waals surface area contributed by atoms with Gasteiger partial charge in [-0.1, -0.05) is 48.5 Å². The van der Waals surface area contributed by atoms with E-state index in [4.69, 9.17) is 4.74 Å². The van der Waals surface area contributed by atoms with Crippen molar-refractivity contribution in [1.29, 1.82) is 0 Å². The molecule has 5 nitrogen and oxygen atoms in total. The first-order valence-electron chi connectivity index (χ1n) is 8.87. The highest BCUT2D eigenvalue weighted by molar-refractivity contribution is 6.07. The van der Waals surface area contributed by atoms with Gasteiger partial charge in [-0.2, -0.15) is 0 Å². The highest BCUT2D eigenvalue weighted by atomic mass is 16.5. The molecule has 5 heteroatoms. The third-order valence-electron chi connectivity index (χ3n) is 4.71. The number of carbonyl (C=O) groups excluding carboxylic acids is 1. The third kappa shape index (κ3) is 2.87. The predicted molar refractivity (Wildman–Crippen MR) is 109 cm³/mol. The van der Waals surface area contributed by atoms with E-state index in [1.54, 1.807) is 23.8 Å². The smallest absolute Gasteiger partial charge is 0.340 e. The highest BCUT2D eigenvalue weighted by Crippen LogP contribution is 2.32. The van der Waals surface area contributed by atoms with E-state index in [0.717, 1.165) is 11.3 Å². The molecule has 4 aromatic rings. The number of pyridine rings is 2. The van der Waals surface area contributed by atoms with E-state index in [1.807, 2.05) is 60.7 Å². The van der Waals surface area contributed by atoms with Gasteiger partial charge >= 0.3 is 5.97 Å². The molecule has 0 aliphatic carbocycles. The van der Waals surface area contributed by atoms with Crippen LogP contribution in [0, 0.1) is 6.92 Å². The van der Waals surface area contributed by atoms with Gasteiger partial charge in [-0.05, 0) is 30.7 Å². The quantitative estimate of drug-likeness (QED) is 0.508. The second-order valence-electron chi connectivity index (χ2n) is 6.39. The fourth-order valence-electron chi connectivity index (χ4n) is 3.43. The van der Waals surface area contributed by atoms with Crippen LogP contribution in [-0.2, 0) is 4.74 Å². The first kappa shape index (κ1) is 17.7. The van der Waals surface area contributed by atoms with Crippen LogP contribution in [0.4, 0.5) is 0 Å². The van der Waals surface area contributed by atoms with Crippen LogP contribution in [-0.4, -0.2) is 22.6 Å². The average Bonchev–Trinajstić information content (AvgIpc) is 2.74. The number of para-hydroxylation sites is 1. The zero-order valence-electron chi connectivity index (χ0n) is 15.5. The topological polar surface area (TPSA) is 61.2 Å². The molecule has 2 aromatic heterocycles. The average molecular weight is 370 g/mol. The Morgan fingerprint density at radius 2 is 1.61 bits per heavy atom. The molecule has 0 N–H and O–H groups in total. The van der Waals surface area contributed by atoms with E-state index in [0.29, 0.717) is 27.7 Å². The molecule has 28 heavy (non-hydrogen) atoms. The summed E-state index contributed by atoms with van der Waals surface area (Å²) in [4.78, 5) is 30.5. The molecule has 0 fully saturated rings. The number of nitrogens with zero attached hydrogens (tertiary/aromatic N) is 2. The van der Waals surface area contributed by atoms with E-state index in [-0.39, 0.29) is 5.56 Å². The van der Waals surface area contributed by atoms with Crippen molar-refractivity contribution in [3.8, 4) is 16.8 Å². The van der Waals surface area contributed by atoms with Gasteiger partial charge in [0.15, 0.2) is 0 Å². The van der Waals surface area contributed by atoms with Gasteiger partial charge in [0.25, 0.3) is 5.56 Å². The van der Waals surface area contributed by atoms with Crippen molar-refractivity contribution in [2.75, 3.05) is 7.11 Å². The number of carbonyl (C=O) groups is 1. The Labute approximate surface area is 161 Å². The Hall–Kier alpha value is -3.73. The molecule has 0 aliphatic heterocycles. The number of esters is 1. The van der Waals surface area contributed by atoms with Gasteiger partial charge in [0, 0.05) is 17.4 Å². The molecule has 4 rings (SSSR count). The molecule has 0 saturated carbocycles. The number of rotatable bonds is 3. The minimum Gasteiger partial charge on any atom is -0.465 e. The van der Waals surface area contributed by atoms with Crippen LogP contribution < -0.4 is 5.56 Å². The summed E-state index contributed by atoms with van der Waals surface area (Å²) >= 11 is 0. The molecule has 0 amide bonds. The molecule has 0 saturated heterocycles. The fraction of sp³-hybridized carbons (Fsp3) is 0.0870. The Morgan fingerprint density at radius 3 is 2.25 bits per heavy atom. The van der Waals surface area contributed by atoms with E-state index in [2.05, 4.69) is 4.98 Å². The van der Waals surface area contributed by atoms with Gasteiger partial charge in [0.1, 0.15) is 0 Å². The maximum atomic E-state index is 13.5. The molecular weight excluding hydrogens is 352 g/mol. The summed E-state index contributed by atoms with van der Waals surface area (Å²) in [7, 11) is 1.33. The lowest BCUT2D eigenvalue weighted by Crippen LogP contribution is -2.20.